The molecule has 5 rings (SSSR count). The average Bonchev–Trinajstić information content (AvgIpc) is 3.41. The number of halogens is 2. The Morgan fingerprint density at radius 3 is 2.36 bits per heavy atom. The summed E-state index contributed by atoms with van der Waals surface area (Å²) in [6.45, 7) is 7.54. The molecule has 0 spiro atoms. The number of rotatable bonds is 7. The maximum atomic E-state index is 13.6. The van der Waals surface area contributed by atoms with Crippen LogP contribution in [0.2, 0.25) is 0 Å². The number of pyridine rings is 1. The van der Waals surface area contributed by atoms with E-state index in [1.807, 2.05) is 26.8 Å². The Labute approximate surface area is 229 Å². The molecule has 0 bridgehead atoms. The Hall–Kier alpha value is -3.64. The zero-order valence-electron chi connectivity index (χ0n) is 22.0. The van der Waals surface area contributed by atoms with Gasteiger partial charge < -0.3 is 5.32 Å². The van der Waals surface area contributed by atoms with Crippen molar-refractivity contribution in [1.82, 2.24) is 19.9 Å². The van der Waals surface area contributed by atoms with Crippen LogP contribution in [0.1, 0.15) is 39.2 Å². The van der Waals surface area contributed by atoms with Gasteiger partial charge in [-0.25, -0.2) is 37.1 Å². The summed E-state index contributed by atoms with van der Waals surface area (Å²) in [5, 5.41) is 3.88. The number of nitrogens with one attached hydrogen (secondary N) is 1. The van der Waals surface area contributed by atoms with Gasteiger partial charge in [0.1, 0.15) is 16.5 Å². The molecule has 1 N–H and O–H groups in total. The molecule has 0 fully saturated rings. The minimum Gasteiger partial charge on any atom is -0.353 e. The normalized spacial score (nSPS) is 13.1. The van der Waals surface area contributed by atoms with Crippen molar-refractivity contribution in [2.75, 3.05) is 11.6 Å². The monoisotopic (exact) mass is 568 g/mol. The molecule has 202 valence electrons. The Kier molecular flexibility index (Phi) is 7.02. The van der Waals surface area contributed by atoms with E-state index in [-0.39, 0.29) is 22.7 Å². The molecular formula is C27H26F2N6O2S2. The van der Waals surface area contributed by atoms with Gasteiger partial charge in [0.05, 0.1) is 39.1 Å². The summed E-state index contributed by atoms with van der Waals surface area (Å²) in [5.74, 6) is 0.622. The summed E-state index contributed by atoms with van der Waals surface area (Å²) in [6.07, 6.45) is -1.33. The van der Waals surface area contributed by atoms with Gasteiger partial charge in [0.2, 0.25) is 0 Å². The fourth-order valence-electron chi connectivity index (χ4n) is 4.44. The maximum Gasteiger partial charge on any atom is 0.277 e. The number of hydrogen-bond donors (Lipinski definition) is 1. The van der Waals surface area contributed by atoms with Crippen molar-refractivity contribution < 1.29 is 17.2 Å². The number of aromatic nitrogens is 4. The quantitative estimate of drug-likeness (QED) is 0.297. The summed E-state index contributed by atoms with van der Waals surface area (Å²) in [7, 11) is -3.67. The first-order valence-corrected chi connectivity index (χ1v) is 14.8. The van der Waals surface area contributed by atoms with Gasteiger partial charge in [0, 0.05) is 40.9 Å². The Morgan fingerprint density at radius 1 is 0.974 bits per heavy atom. The molecular weight excluding hydrogens is 542 g/mol. The zero-order chi connectivity index (χ0) is 28.1. The summed E-state index contributed by atoms with van der Waals surface area (Å²) in [6, 6.07) is 8.58. The van der Waals surface area contributed by atoms with Crippen molar-refractivity contribution >= 4 is 43.9 Å². The van der Waals surface area contributed by atoms with Crippen LogP contribution in [0.15, 0.2) is 40.2 Å². The van der Waals surface area contributed by atoms with E-state index in [1.165, 1.54) is 11.3 Å². The van der Waals surface area contributed by atoms with E-state index in [0.717, 1.165) is 33.2 Å². The van der Waals surface area contributed by atoms with Crippen LogP contribution in [-0.2, 0) is 22.7 Å². The molecule has 0 saturated heterocycles. The molecule has 4 aromatic rings. The van der Waals surface area contributed by atoms with Crippen molar-refractivity contribution in [3.63, 3.8) is 0 Å². The second kappa shape index (κ2) is 10.2. The number of fused-ring (bicyclic) bond motifs is 1. The molecule has 0 atom stereocenters. The Balaban J connectivity index is 1.59. The molecule has 1 aromatic carbocycles. The van der Waals surface area contributed by atoms with Gasteiger partial charge in [-0.15, -0.1) is 11.3 Å². The lowest BCUT2D eigenvalue weighted by atomic mass is 10.1. The van der Waals surface area contributed by atoms with Crippen molar-refractivity contribution in [2.24, 2.45) is 4.99 Å². The molecule has 0 radical (unpaired) electrons. The number of benzene rings is 1. The number of sulfone groups is 1. The average molecular weight is 569 g/mol. The van der Waals surface area contributed by atoms with Crippen molar-refractivity contribution in [2.45, 2.75) is 51.9 Å². The number of aliphatic imine (C=N–C) groups is 1. The van der Waals surface area contributed by atoms with E-state index >= 15 is 0 Å². The lowest BCUT2D eigenvalue weighted by molar-refractivity contribution is 0.224. The molecule has 1 aliphatic heterocycles. The predicted molar refractivity (Wildman–Crippen MR) is 149 cm³/mol. The number of anilines is 2. The van der Waals surface area contributed by atoms with Crippen LogP contribution in [0.4, 0.5) is 25.8 Å². The minimum absolute atomic E-state index is 0.0655. The van der Waals surface area contributed by atoms with E-state index < -0.39 is 16.3 Å². The van der Waals surface area contributed by atoms with Crippen molar-refractivity contribution in [3.05, 3.63) is 69.5 Å². The highest BCUT2D eigenvalue weighted by Gasteiger charge is 2.27. The number of alkyl halides is 2. The zero-order valence-corrected chi connectivity index (χ0v) is 23.6. The smallest absolute Gasteiger partial charge is 0.277 e. The van der Waals surface area contributed by atoms with Crippen LogP contribution >= 0.6 is 11.3 Å². The molecule has 12 heteroatoms. The number of aryl methyl sites for hydroxylation is 4. The van der Waals surface area contributed by atoms with Gasteiger partial charge in [0.15, 0.2) is 9.84 Å². The van der Waals surface area contributed by atoms with Gasteiger partial charge in [-0.3, -0.25) is 4.98 Å². The predicted octanol–water partition coefficient (Wildman–Crippen LogP) is 5.86. The number of nitrogens with zero attached hydrogens (tertiary/aromatic N) is 5. The topological polar surface area (TPSA) is 110 Å². The Morgan fingerprint density at radius 2 is 1.72 bits per heavy atom. The molecule has 4 heterocycles. The van der Waals surface area contributed by atoms with E-state index in [0.29, 0.717) is 40.6 Å². The van der Waals surface area contributed by atoms with Gasteiger partial charge in [-0.1, -0.05) is 0 Å². The van der Waals surface area contributed by atoms with Crippen LogP contribution in [0.5, 0.6) is 0 Å². The second-order valence-corrected chi connectivity index (χ2v) is 12.7. The van der Waals surface area contributed by atoms with Gasteiger partial charge in [-0.05, 0) is 58.0 Å². The molecule has 0 saturated carbocycles. The molecule has 8 nitrogen and oxygen atoms in total. The summed E-state index contributed by atoms with van der Waals surface area (Å²) in [5.41, 5.74) is 4.80. The molecule has 0 aliphatic carbocycles. The third-order valence-corrected chi connectivity index (χ3v) is 8.54. The maximum absolute atomic E-state index is 13.6. The van der Waals surface area contributed by atoms with E-state index in [1.54, 1.807) is 31.2 Å². The Bertz CT molecular complexity index is 1710. The van der Waals surface area contributed by atoms with Crippen molar-refractivity contribution in [1.29, 1.82) is 0 Å². The largest absolute Gasteiger partial charge is 0.353 e. The second-order valence-electron chi connectivity index (χ2n) is 9.53. The van der Waals surface area contributed by atoms with Gasteiger partial charge in [0.25, 0.3) is 6.43 Å². The lowest BCUT2D eigenvalue weighted by Crippen LogP contribution is -2.10. The summed E-state index contributed by atoms with van der Waals surface area (Å²) in [4.78, 5) is 23.2. The van der Waals surface area contributed by atoms with Gasteiger partial charge >= 0.3 is 0 Å². The van der Waals surface area contributed by atoms with Crippen LogP contribution in [0, 0.1) is 27.7 Å². The lowest BCUT2D eigenvalue weighted by Gasteiger charge is -2.15. The number of hydrogen-bond acceptors (Lipinski definition) is 9. The highest BCUT2D eigenvalue weighted by molar-refractivity contribution is 7.90. The van der Waals surface area contributed by atoms with Gasteiger partial charge in [-0.2, -0.15) is 0 Å². The molecule has 0 unspecified atom stereocenters. The van der Waals surface area contributed by atoms with E-state index in [4.69, 9.17) is 0 Å². The van der Waals surface area contributed by atoms with Crippen molar-refractivity contribution in [3.8, 4) is 10.6 Å². The first-order chi connectivity index (χ1) is 18.4. The van der Waals surface area contributed by atoms with Crippen LogP contribution in [0.25, 0.3) is 10.6 Å². The fraction of sp³-hybridized carbons (Fsp3) is 0.296. The SMILES string of the molecule is Cc1cc(Cc2cc(Nc3ccc(-c4nc(C)c(C)s4)cc3S(C)(=O)=O)c3c(n2)CC(C(F)F)=N3)nc(C)n1. The van der Waals surface area contributed by atoms with Crippen LogP contribution in [-0.4, -0.2) is 46.7 Å². The highest BCUT2D eigenvalue weighted by atomic mass is 32.2. The number of thiazole rings is 1. The highest BCUT2D eigenvalue weighted by Crippen LogP contribution is 2.39. The fourth-order valence-corrected chi connectivity index (χ4v) is 6.21. The molecule has 0 amide bonds. The third-order valence-electron chi connectivity index (χ3n) is 6.28. The first kappa shape index (κ1) is 26.9. The van der Waals surface area contributed by atoms with Crippen LogP contribution in [0.3, 0.4) is 0 Å². The summed E-state index contributed by atoms with van der Waals surface area (Å²) >= 11 is 1.49. The third kappa shape index (κ3) is 5.71. The first-order valence-electron chi connectivity index (χ1n) is 12.1. The molecule has 3 aromatic heterocycles. The molecule has 39 heavy (non-hydrogen) atoms. The minimum atomic E-state index is -3.67. The standard InChI is InChI=1S/C27H26F2N6O2S2/c1-13-8-18(32-16(4)30-13)10-19-11-21(25-22(33-19)12-23(35-25)26(28)29)34-20-7-6-17(9-24(20)39(5,36)37)27-31-14(2)15(3)38-27/h6-9,11,26H,10,12H2,1-5H3,(H,33,34). The van der Waals surface area contributed by atoms with E-state index in [9.17, 15) is 17.2 Å². The van der Waals surface area contributed by atoms with Crippen LogP contribution < -0.4 is 5.32 Å². The van der Waals surface area contributed by atoms with E-state index in [2.05, 4.69) is 30.2 Å². The summed E-state index contributed by atoms with van der Waals surface area (Å²) < 4.78 is 52.8. The molecule has 1 aliphatic rings.